The van der Waals surface area contributed by atoms with E-state index in [4.69, 9.17) is 0 Å². The fraction of sp³-hybridized carbons (Fsp3) is 0.727. The Morgan fingerprint density at radius 3 is 2.79 bits per heavy atom. The van der Waals surface area contributed by atoms with Crippen LogP contribution in [0, 0.1) is 11.8 Å². The molecule has 2 atom stereocenters. The second-order valence-electron chi connectivity index (χ2n) is 3.91. The second kappa shape index (κ2) is 5.15. The Labute approximate surface area is 86.2 Å². The summed E-state index contributed by atoms with van der Waals surface area (Å²) in [7, 11) is 0. The van der Waals surface area contributed by atoms with Crippen molar-refractivity contribution in [3.8, 4) is 0 Å². The number of carbonyl (C=O) groups excluding carboxylic acids is 1. The Balaban J connectivity index is 2.57. The lowest BCUT2D eigenvalue weighted by Gasteiger charge is -2.24. The highest BCUT2D eigenvalue weighted by Crippen LogP contribution is 2.18. The van der Waals surface area contributed by atoms with Crippen molar-refractivity contribution in [2.75, 3.05) is 26.2 Å². The quantitative estimate of drug-likeness (QED) is 0.677. The molecule has 0 bridgehead atoms. The highest BCUT2D eigenvalue weighted by Gasteiger charge is 2.31. The number of likely N-dealkylation sites (N-methyl/N-ethyl adjacent to an activating group) is 1. The van der Waals surface area contributed by atoms with Gasteiger partial charge in [0.2, 0.25) is 5.91 Å². The molecule has 0 aromatic carbocycles. The van der Waals surface area contributed by atoms with Gasteiger partial charge in [-0.1, -0.05) is 13.0 Å². The molecule has 14 heavy (non-hydrogen) atoms. The van der Waals surface area contributed by atoms with Gasteiger partial charge in [-0.15, -0.1) is 6.58 Å². The van der Waals surface area contributed by atoms with E-state index in [-0.39, 0.29) is 11.8 Å². The van der Waals surface area contributed by atoms with Gasteiger partial charge in [0.15, 0.2) is 0 Å². The fourth-order valence-corrected chi connectivity index (χ4v) is 1.91. The summed E-state index contributed by atoms with van der Waals surface area (Å²) in [5.74, 6) is 0.890. The molecular weight excluding hydrogens is 176 g/mol. The molecule has 2 unspecified atom stereocenters. The Kier molecular flexibility index (Phi) is 4.14. The summed E-state index contributed by atoms with van der Waals surface area (Å²) in [6.07, 6.45) is 1.79. The Morgan fingerprint density at radius 2 is 2.36 bits per heavy atom. The molecule has 1 rings (SSSR count). The minimum atomic E-state index is 0.162. The Hall–Kier alpha value is -0.830. The Morgan fingerprint density at radius 1 is 1.64 bits per heavy atom. The van der Waals surface area contributed by atoms with Crippen molar-refractivity contribution < 1.29 is 4.79 Å². The van der Waals surface area contributed by atoms with Crippen molar-refractivity contribution in [1.82, 2.24) is 10.2 Å². The topological polar surface area (TPSA) is 32.3 Å². The molecule has 1 heterocycles. The molecule has 0 spiro atoms. The molecule has 1 N–H and O–H groups in total. The number of carbonyl (C=O) groups is 1. The van der Waals surface area contributed by atoms with Crippen molar-refractivity contribution in [3.63, 3.8) is 0 Å². The van der Waals surface area contributed by atoms with Crippen LogP contribution in [-0.4, -0.2) is 37.0 Å². The zero-order valence-corrected chi connectivity index (χ0v) is 9.12. The van der Waals surface area contributed by atoms with Gasteiger partial charge in [-0.25, -0.2) is 0 Å². The van der Waals surface area contributed by atoms with Crippen molar-refractivity contribution in [2.45, 2.75) is 13.8 Å². The zero-order chi connectivity index (χ0) is 10.6. The predicted octanol–water partition coefficient (Wildman–Crippen LogP) is 0.876. The standard InChI is InChI=1S/C11H20N2O/c1-4-6-13(5-2)11(14)10-8-12-7-9(10)3/h4,9-10,12H,1,5-8H2,2-3H3. The highest BCUT2D eigenvalue weighted by atomic mass is 16.2. The first-order chi connectivity index (χ1) is 6.70. The van der Waals surface area contributed by atoms with Crippen LogP contribution in [0.15, 0.2) is 12.7 Å². The number of hydrogen-bond donors (Lipinski definition) is 1. The monoisotopic (exact) mass is 196 g/mol. The molecule has 0 aliphatic carbocycles. The summed E-state index contributed by atoms with van der Waals surface area (Å²) in [6, 6.07) is 0. The molecule has 3 heteroatoms. The molecule has 1 saturated heterocycles. The molecule has 0 saturated carbocycles. The summed E-state index contributed by atoms with van der Waals surface area (Å²) in [4.78, 5) is 13.9. The third-order valence-corrected chi connectivity index (χ3v) is 2.88. The van der Waals surface area contributed by atoms with E-state index in [2.05, 4.69) is 18.8 Å². The summed E-state index contributed by atoms with van der Waals surface area (Å²) >= 11 is 0. The van der Waals surface area contributed by atoms with E-state index >= 15 is 0 Å². The molecule has 0 aromatic heterocycles. The Bertz CT molecular complexity index is 215. The summed E-state index contributed by atoms with van der Waals surface area (Å²) in [6.45, 7) is 11.0. The van der Waals surface area contributed by atoms with Crippen LogP contribution in [0.3, 0.4) is 0 Å². The van der Waals surface area contributed by atoms with Gasteiger partial charge in [-0.2, -0.15) is 0 Å². The predicted molar refractivity (Wildman–Crippen MR) is 58.0 cm³/mol. The molecule has 1 amide bonds. The maximum Gasteiger partial charge on any atom is 0.227 e. The number of hydrogen-bond acceptors (Lipinski definition) is 2. The van der Waals surface area contributed by atoms with E-state index in [1.165, 1.54) is 0 Å². The lowest BCUT2D eigenvalue weighted by Crippen LogP contribution is -2.38. The average Bonchev–Trinajstić information content (AvgIpc) is 2.59. The van der Waals surface area contributed by atoms with Gasteiger partial charge in [0, 0.05) is 19.6 Å². The third kappa shape index (κ3) is 2.35. The minimum Gasteiger partial charge on any atom is -0.339 e. The lowest BCUT2D eigenvalue weighted by molar-refractivity contribution is -0.135. The molecule has 0 radical (unpaired) electrons. The van der Waals surface area contributed by atoms with E-state index in [9.17, 15) is 4.79 Å². The van der Waals surface area contributed by atoms with Gasteiger partial charge in [-0.05, 0) is 19.4 Å². The van der Waals surface area contributed by atoms with Gasteiger partial charge < -0.3 is 10.2 Å². The van der Waals surface area contributed by atoms with Crippen LogP contribution in [0.5, 0.6) is 0 Å². The van der Waals surface area contributed by atoms with Crippen molar-refractivity contribution in [2.24, 2.45) is 11.8 Å². The number of nitrogens with zero attached hydrogens (tertiary/aromatic N) is 1. The first-order valence-electron chi connectivity index (χ1n) is 5.31. The highest BCUT2D eigenvalue weighted by molar-refractivity contribution is 5.79. The van der Waals surface area contributed by atoms with E-state index in [0.29, 0.717) is 12.5 Å². The van der Waals surface area contributed by atoms with Gasteiger partial charge in [0.05, 0.1) is 5.92 Å². The van der Waals surface area contributed by atoms with Crippen LogP contribution in [0.25, 0.3) is 0 Å². The molecular formula is C11H20N2O. The lowest BCUT2D eigenvalue weighted by atomic mass is 9.96. The van der Waals surface area contributed by atoms with E-state index in [1.54, 1.807) is 6.08 Å². The van der Waals surface area contributed by atoms with Crippen molar-refractivity contribution in [1.29, 1.82) is 0 Å². The van der Waals surface area contributed by atoms with E-state index < -0.39 is 0 Å². The third-order valence-electron chi connectivity index (χ3n) is 2.88. The van der Waals surface area contributed by atoms with Gasteiger partial charge in [0.25, 0.3) is 0 Å². The van der Waals surface area contributed by atoms with Gasteiger partial charge in [0.1, 0.15) is 0 Å². The van der Waals surface area contributed by atoms with Crippen LogP contribution in [0.1, 0.15) is 13.8 Å². The minimum absolute atomic E-state index is 0.162. The van der Waals surface area contributed by atoms with Crippen LogP contribution < -0.4 is 5.32 Å². The SMILES string of the molecule is C=CCN(CC)C(=O)C1CNCC1C. The molecule has 1 fully saturated rings. The maximum absolute atomic E-state index is 12.0. The zero-order valence-electron chi connectivity index (χ0n) is 9.12. The average molecular weight is 196 g/mol. The van der Waals surface area contributed by atoms with Crippen molar-refractivity contribution in [3.05, 3.63) is 12.7 Å². The smallest absolute Gasteiger partial charge is 0.227 e. The van der Waals surface area contributed by atoms with Crippen LogP contribution in [0.4, 0.5) is 0 Å². The van der Waals surface area contributed by atoms with E-state index in [0.717, 1.165) is 19.6 Å². The summed E-state index contributed by atoms with van der Waals surface area (Å²) in [5.41, 5.74) is 0. The van der Waals surface area contributed by atoms with E-state index in [1.807, 2.05) is 11.8 Å². The fourth-order valence-electron chi connectivity index (χ4n) is 1.91. The first-order valence-corrected chi connectivity index (χ1v) is 5.31. The molecule has 80 valence electrons. The maximum atomic E-state index is 12.0. The molecule has 0 aromatic rings. The molecule has 1 aliphatic heterocycles. The molecule has 3 nitrogen and oxygen atoms in total. The number of amides is 1. The number of rotatable bonds is 4. The first kappa shape index (κ1) is 11.2. The summed E-state index contributed by atoms with van der Waals surface area (Å²) < 4.78 is 0. The normalized spacial score (nSPS) is 26.1. The number of nitrogens with one attached hydrogen (secondary N) is 1. The van der Waals surface area contributed by atoms with Crippen LogP contribution in [-0.2, 0) is 4.79 Å². The van der Waals surface area contributed by atoms with Crippen molar-refractivity contribution >= 4 is 5.91 Å². The van der Waals surface area contributed by atoms with Gasteiger partial charge >= 0.3 is 0 Å². The molecule has 1 aliphatic rings. The van der Waals surface area contributed by atoms with Crippen LogP contribution >= 0.6 is 0 Å². The van der Waals surface area contributed by atoms with Crippen LogP contribution in [0.2, 0.25) is 0 Å². The van der Waals surface area contributed by atoms with Gasteiger partial charge in [-0.3, -0.25) is 4.79 Å². The largest absolute Gasteiger partial charge is 0.339 e. The second-order valence-corrected chi connectivity index (χ2v) is 3.91. The summed E-state index contributed by atoms with van der Waals surface area (Å²) in [5, 5.41) is 3.25.